The van der Waals surface area contributed by atoms with Crippen molar-refractivity contribution in [3.63, 3.8) is 0 Å². The molecule has 2 aromatic carbocycles. The van der Waals surface area contributed by atoms with Crippen LogP contribution in [0.4, 0.5) is 11.4 Å². The average molecular weight is 488 g/mol. The molecule has 6 aliphatic rings. The number of fused-ring (bicyclic) bond motifs is 4. The number of carbonyl (C=O) groups excluding carboxylic acids is 1. The maximum absolute atomic E-state index is 12.9. The van der Waals surface area contributed by atoms with Crippen LogP contribution in [0.25, 0.3) is 0 Å². The Balaban J connectivity index is 1.49. The van der Waals surface area contributed by atoms with Crippen LogP contribution in [-0.2, 0) is 24.9 Å². The van der Waals surface area contributed by atoms with Gasteiger partial charge in [-0.2, -0.15) is 0 Å². The highest BCUT2D eigenvalue weighted by Gasteiger charge is 2.77. The summed E-state index contributed by atoms with van der Waals surface area (Å²) in [7, 11) is 0. The summed E-state index contributed by atoms with van der Waals surface area (Å²) in [5.74, 6) is 2.46. The van der Waals surface area contributed by atoms with Crippen molar-refractivity contribution >= 4 is 17.3 Å². The first kappa shape index (κ1) is 22.8. The van der Waals surface area contributed by atoms with Crippen LogP contribution in [0, 0.1) is 51.4 Å². The standard InChI is InChI=1S/C31H37NO4/c1-6-34-29(33)16-32-27-9-19(4)17(2)7-25(27)31(26-8-18(3)20(5)10-28(26)32)30(35-36-31)23-12-21-11-22(14-23)15-24(30)13-21/h7-10,21-24H,6,11-16H2,1-5H3. The first-order valence-corrected chi connectivity index (χ1v) is 13.8. The van der Waals surface area contributed by atoms with Crippen LogP contribution in [0.2, 0.25) is 0 Å². The monoisotopic (exact) mass is 487 g/mol. The molecule has 4 bridgehead atoms. The fourth-order valence-electron chi connectivity index (χ4n) is 8.72. The van der Waals surface area contributed by atoms with E-state index in [2.05, 4.69) is 56.9 Å². The predicted molar refractivity (Wildman–Crippen MR) is 138 cm³/mol. The summed E-state index contributed by atoms with van der Waals surface area (Å²) in [4.78, 5) is 28.0. The first-order valence-electron chi connectivity index (χ1n) is 13.8. The molecule has 190 valence electrons. The summed E-state index contributed by atoms with van der Waals surface area (Å²) < 4.78 is 5.43. The maximum Gasteiger partial charge on any atom is 0.325 e. The van der Waals surface area contributed by atoms with Crippen molar-refractivity contribution in [3.8, 4) is 0 Å². The third-order valence-electron chi connectivity index (χ3n) is 10.4. The molecular formula is C31H37NO4. The van der Waals surface area contributed by atoms with Gasteiger partial charge in [-0.15, -0.1) is 0 Å². The third-order valence-corrected chi connectivity index (χ3v) is 10.4. The smallest absolute Gasteiger partial charge is 0.325 e. The van der Waals surface area contributed by atoms with Crippen molar-refractivity contribution in [1.82, 2.24) is 0 Å². The molecule has 4 aliphatic carbocycles. The number of anilines is 2. The van der Waals surface area contributed by atoms with E-state index >= 15 is 0 Å². The first-order chi connectivity index (χ1) is 17.3. The fourth-order valence-corrected chi connectivity index (χ4v) is 8.72. The van der Waals surface area contributed by atoms with Crippen molar-refractivity contribution in [1.29, 1.82) is 0 Å². The minimum Gasteiger partial charge on any atom is -0.465 e. The van der Waals surface area contributed by atoms with Crippen molar-refractivity contribution < 1.29 is 19.3 Å². The Hall–Kier alpha value is -2.37. The molecule has 2 aromatic rings. The Bertz CT molecular complexity index is 1190. The molecule has 0 N–H and O–H groups in total. The summed E-state index contributed by atoms with van der Waals surface area (Å²) in [5, 5.41) is 0. The van der Waals surface area contributed by atoms with Crippen LogP contribution in [0.3, 0.4) is 0 Å². The van der Waals surface area contributed by atoms with Gasteiger partial charge in [0.1, 0.15) is 12.1 Å². The van der Waals surface area contributed by atoms with E-state index < -0.39 is 5.60 Å². The van der Waals surface area contributed by atoms with Gasteiger partial charge in [-0.3, -0.25) is 4.79 Å². The number of benzene rings is 2. The van der Waals surface area contributed by atoms with Gasteiger partial charge < -0.3 is 9.64 Å². The van der Waals surface area contributed by atoms with Gasteiger partial charge in [-0.25, -0.2) is 9.78 Å². The summed E-state index contributed by atoms with van der Waals surface area (Å²) >= 11 is 0. The zero-order valence-corrected chi connectivity index (χ0v) is 22.1. The average Bonchev–Trinajstić information content (AvgIpc) is 2.81. The van der Waals surface area contributed by atoms with Crippen LogP contribution in [0.5, 0.6) is 0 Å². The highest BCUT2D eigenvalue weighted by atomic mass is 17.3. The second-order valence-electron chi connectivity index (χ2n) is 12.2. The number of aryl methyl sites for hydroxylation is 4. The molecule has 5 heteroatoms. The van der Waals surface area contributed by atoms with Crippen LogP contribution in [0.15, 0.2) is 24.3 Å². The second-order valence-corrected chi connectivity index (χ2v) is 12.2. The van der Waals surface area contributed by atoms with E-state index in [0.29, 0.717) is 18.4 Å². The van der Waals surface area contributed by atoms with Gasteiger partial charge in [0.25, 0.3) is 0 Å². The number of rotatable bonds is 3. The molecule has 0 radical (unpaired) electrons. The zero-order chi connectivity index (χ0) is 25.0. The molecule has 36 heavy (non-hydrogen) atoms. The normalized spacial score (nSPS) is 32.4. The number of ether oxygens (including phenoxy) is 1. The lowest BCUT2D eigenvalue weighted by molar-refractivity contribution is -0.583. The molecular weight excluding hydrogens is 450 g/mol. The van der Waals surface area contributed by atoms with Crippen LogP contribution in [-0.4, -0.2) is 24.7 Å². The molecule has 0 aromatic heterocycles. The quantitative estimate of drug-likeness (QED) is 0.374. The van der Waals surface area contributed by atoms with E-state index in [-0.39, 0.29) is 18.1 Å². The van der Waals surface area contributed by atoms with Crippen molar-refractivity contribution in [3.05, 3.63) is 57.6 Å². The molecule has 4 saturated carbocycles. The Morgan fingerprint density at radius 1 is 0.833 bits per heavy atom. The fraction of sp³-hybridized carbons (Fsp3) is 0.581. The van der Waals surface area contributed by atoms with Gasteiger partial charge in [-0.1, -0.05) is 12.1 Å². The molecule has 8 rings (SSSR count). The zero-order valence-electron chi connectivity index (χ0n) is 22.1. The number of carbonyl (C=O) groups is 1. The maximum atomic E-state index is 12.9. The van der Waals surface area contributed by atoms with E-state index in [4.69, 9.17) is 14.5 Å². The minimum atomic E-state index is -0.650. The van der Waals surface area contributed by atoms with Gasteiger partial charge in [-0.05, 0) is 125 Å². The highest BCUT2D eigenvalue weighted by Crippen LogP contribution is 2.73. The Morgan fingerprint density at radius 2 is 1.33 bits per heavy atom. The highest BCUT2D eigenvalue weighted by molar-refractivity contribution is 5.87. The molecule has 5 fully saturated rings. The van der Waals surface area contributed by atoms with Gasteiger partial charge in [0.15, 0.2) is 5.60 Å². The lowest BCUT2D eigenvalue weighted by Gasteiger charge is -2.71. The topological polar surface area (TPSA) is 48.0 Å². The molecule has 0 atom stereocenters. The largest absolute Gasteiger partial charge is 0.465 e. The van der Waals surface area contributed by atoms with Crippen LogP contribution in [0.1, 0.15) is 72.4 Å². The molecule has 2 heterocycles. The second kappa shape index (κ2) is 7.58. The van der Waals surface area contributed by atoms with E-state index in [1.807, 2.05) is 6.92 Å². The van der Waals surface area contributed by atoms with Gasteiger partial charge in [0.2, 0.25) is 0 Å². The van der Waals surface area contributed by atoms with Crippen molar-refractivity contribution in [2.45, 2.75) is 77.9 Å². The number of esters is 1. The van der Waals surface area contributed by atoms with E-state index in [1.165, 1.54) is 54.4 Å². The Kier molecular flexibility index (Phi) is 4.80. The van der Waals surface area contributed by atoms with Crippen molar-refractivity contribution in [2.24, 2.45) is 23.7 Å². The van der Waals surface area contributed by atoms with Crippen LogP contribution < -0.4 is 4.90 Å². The summed E-state index contributed by atoms with van der Waals surface area (Å²) in [6.07, 6.45) is 6.36. The van der Waals surface area contributed by atoms with E-state index in [0.717, 1.165) is 34.3 Å². The van der Waals surface area contributed by atoms with Gasteiger partial charge >= 0.3 is 5.97 Å². The summed E-state index contributed by atoms with van der Waals surface area (Å²) in [5.41, 5.74) is 8.34. The SMILES string of the molecule is CCOC(=O)CN1c2cc(C)c(C)cc2C2(OOC23C2CC4CC(C2)CC3C4)c2cc(C)c(C)cc21. The lowest BCUT2D eigenvalue weighted by Crippen LogP contribution is -2.77. The van der Waals surface area contributed by atoms with Gasteiger partial charge in [0, 0.05) is 22.5 Å². The van der Waals surface area contributed by atoms with Crippen molar-refractivity contribution in [2.75, 3.05) is 18.1 Å². The summed E-state index contributed by atoms with van der Waals surface area (Å²) in [6, 6.07) is 9.12. The van der Waals surface area contributed by atoms with Crippen LogP contribution >= 0.6 is 0 Å². The molecule has 5 nitrogen and oxygen atoms in total. The molecule has 0 amide bonds. The number of nitrogens with zero attached hydrogens (tertiary/aromatic N) is 1. The molecule has 0 unspecified atom stereocenters. The summed E-state index contributed by atoms with van der Waals surface area (Å²) in [6.45, 7) is 11.1. The molecule has 2 spiro atoms. The number of hydrogen-bond acceptors (Lipinski definition) is 5. The predicted octanol–water partition coefficient (Wildman–Crippen LogP) is 6.34. The minimum absolute atomic E-state index is 0.180. The third kappa shape index (κ3) is 2.71. The van der Waals surface area contributed by atoms with E-state index in [1.54, 1.807) is 0 Å². The lowest BCUT2D eigenvalue weighted by atomic mass is 9.44. The Morgan fingerprint density at radius 3 is 1.78 bits per heavy atom. The molecule has 1 saturated heterocycles. The Labute approximate surface area is 214 Å². The van der Waals surface area contributed by atoms with Gasteiger partial charge in [0.05, 0.1) is 6.61 Å². The molecule has 2 aliphatic heterocycles. The number of hydrogen-bond donors (Lipinski definition) is 0. The van der Waals surface area contributed by atoms with E-state index in [9.17, 15) is 4.79 Å².